The van der Waals surface area contributed by atoms with E-state index in [2.05, 4.69) is 16.3 Å². The SMILES string of the molecule is CCN(CC)C(=O)c1ccc(NC(CCc2cccc(O)c2)CN2CCCC2)cc1. The van der Waals surface area contributed by atoms with E-state index in [4.69, 9.17) is 0 Å². The van der Waals surface area contributed by atoms with Gasteiger partial charge in [-0.15, -0.1) is 0 Å². The van der Waals surface area contributed by atoms with Crippen LogP contribution >= 0.6 is 0 Å². The molecule has 1 fully saturated rings. The standard InChI is InChI=1S/C25H35N3O2/c1-3-28(4-2)25(30)21-11-14-22(15-12-21)26-23(19-27-16-5-6-17-27)13-10-20-8-7-9-24(29)18-20/h7-9,11-12,14-15,18,23,26,29H,3-6,10,13,16-17,19H2,1-2H3. The topological polar surface area (TPSA) is 55.8 Å². The van der Waals surface area contributed by atoms with Crippen LogP contribution in [0.15, 0.2) is 48.5 Å². The van der Waals surface area contributed by atoms with Crippen molar-refractivity contribution in [3.05, 3.63) is 59.7 Å². The Morgan fingerprint density at radius 3 is 2.43 bits per heavy atom. The van der Waals surface area contributed by atoms with Gasteiger partial charge in [0.15, 0.2) is 0 Å². The number of aryl methyl sites for hydroxylation is 1. The minimum atomic E-state index is 0.0871. The lowest BCUT2D eigenvalue weighted by Crippen LogP contribution is -2.35. The summed E-state index contributed by atoms with van der Waals surface area (Å²) in [6, 6.07) is 15.7. The molecule has 5 heteroatoms. The smallest absolute Gasteiger partial charge is 0.253 e. The summed E-state index contributed by atoms with van der Waals surface area (Å²) in [7, 11) is 0. The fourth-order valence-corrected chi connectivity index (χ4v) is 4.18. The molecule has 1 saturated heterocycles. The maximum absolute atomic E-state index is 12.5. The summed E-state index contributed by atoms with van der Waals surface area (Å²) < 4.78 is 0. The van der Waals surface area contributed by atoms with E-state index in [9.17, 15) is 9.90 Å². The summed E-state index contributed by atoms with van der Waals surface area (Å²) in [6.45, 7) is 8.81. The predicted molar refractivity (Wildman–Crippen MR) is 123 cm³/mol. The van der Waals surface area contributed by atoms with E-state index >= 15 is 0 Å². The largest absolute Gasteiger partial charge is 0.508 e. The number of nitrogens with one attached hydrogen (secondary N) is 1. The number of rotatable bonds is 10. The van der Waals surface area contributed by atoms with Gasteiger partial charge in [0.2, 0.25) is 0 Å². The summed E-state index contributed by atoms with van der Waals surface area (Å²) in [5, 5.41) is 13.4. The highest BCUT2D eigenvalue weighted by atomic mass is 16.3. The van der Waals surface area contributed by atoms with Crippen molar-refractivity contribution in [2.75, 3.05) is 38.0 Å². The molecule has 30 heavy (non-hydrogen) atoms. The van der Waals surface area contributed by atoms with E-state index in [1.165, 1.54) is 25.9 Å². The van der Waals surface area contributed by atoms with Crippen LogP contribution in [0.5, 0.6) is 5.75 Å². The molecule has 0 aliphatic carbocycles. The van der Waals surface area contributed by atoms with Crippen LogP contribution < -0.4 is 5.32 Å². The average molecular weight is 410 g/mol. The minimum absolute atomic E-state index is 0.0871. The molecule has 1 atom stereocenters. The second-order valence-corrected chi connectivity index (χ2v) is 8.11. The Hall–Kier alpha value is -2.53. The Balaban J connectivity index is 1.64. The minimum Gasteiger partial charge on any atom is -0.508 e. The first-order valence-corrected chi connectivity index (χ1v) is 11.2. The van der Waals surface area contributed by atoms with Crippen molar-refractivity contribution in [1.82, 2.24) is 9.80 Å². The molecule has 2 aromatic rings. The van der Waals surface area contributed by atoms with Crippen LogP contribution in [0.25, 0.3) is 0 Å². The van der Waals surface area contributed by atoms with Gasteiger partial charge in [-0.05, 0) is 94.6 Å². The first-order valence-electron chi connectivity index (χ1n) is 11.2. The van der Waals surface area contributed by atoms with E-state index in [0.717, 1.165) is 49.3 Å². The first kappa shape index (κ1) is 22.2. The van der Waals surface area contributed by atoms with Gasteiger partial charge in [0.1, 0.15) is 5.75 Å². The monoisotopic (exact) mass is 409 g/mol. The molecule has 1 aliphatic heterocycles. The number of anilines is 1. The van der Waals surface area contributed by atoms with Crippen LogP contribution in [0.1, 0.15) is 49.0 Å². The Kier molecular flexibility index (Phi) is 8.14. The number of benzene rings is 2. The van der Waals surface area contributed by atoms with E-state index in [1.807, 2.05) is 55.1 Å². The highest BCUT2D eigenvalue weighted by Crippen LogP contribution is 2.19. The number of hydrogen-bond donors (Lipinski definition) is 2. The molecule has 1 aliphatic rings. The first-order chi connectivity index (χ1) is 14.6. The molecule has 1 heterocycles. The molecule has 1 amide bonds. The Morgan fingerprint density at radius 2 is 1.80 bits per heavy atom. The van der Waals surface area contributed by atoms with E-state index in [-0.39, 0.29) is 5.91 Å². The van der Waals surface area contributed by atoms with Gasteiger partial charge < -0.3 is 20.2 Å². The lowest BCUT2D eigenvalue weighted by atomic mass is 10.0. The Bertz CT molecular complexity index is 796. The highest BCUT2D eigenvalue weighted by molar-refractivity contribution is 5.94. The van der Waals surface area contributed by atoms with Gasteiger partial charge in [-0.25, -0.2) is 0 Å². The maximum atomic E-state index is 12.5. The lowest BCUT2D eigenvalue weighted by Gasteiger charge is -2.26. The zero-order valence-corrected chi connectivity index (χ0v) is 18.3. The quantitative estimate of drug-likeness (QED) is 0.611. The number of hydrogen-bond acceptors (Lipinski definition) is 4. The molecule has 0 spiro atoms. The number of nitrogens with zero attached hydrogens (tertiary/aromatic N) is 2. The van der Waals surface area contributed by atoms with Crippen molar-refractivity contribution in [3.8, 4) is 5.75 Å². The third-order valence-electron chi connectivity index (χ3n) is 5.92. The van der Waals surface area contributed by atoms with Crippen molar-refractivity contribution >= 4 is 11.6 Å². The molecule has 5 nitrogen and oxygen atoms in total. The van der Waals surface area contributed by atoms with Gasteiger partial charge in [0.05, 0.1) is 0 Å². The lowest BCUT2D eigenvalue weighted by molar-refractivity contribution is 0.0773. The van der Waals surface area contributed by atoms with Gasteiger partial charge in [0, 0.05) is 36.9 Å². The van der Waals surface area contributed by atoms with E-state index in [0.29, 0.717) is 11.8 Å². The molecular weight excluding hydrogens is 374 g/mol. The van der Waals surface area contributed by atoms with Crippen molar-refractivity contribution < 1.29 is 9.90 Å². The van der Waals surface area contributed by atoms with Crippen LogP contribution in [-0.2, 0) is 6.42 Å². The zero-order valence-electron chi connectivity index (χ0n) is 18.3. The molecule has 0 saturated carbocycles. The second kappa shape index (κ2) is 11.0. The van der Waals surface area contributed by atoms with Crippen LogP contribution in [-0.4, -0.2) is 59.6 Å². The molecule has 0 radical (unpaired) electrons. The van der Waals surface area contributed by atoms with Crippen molar-refractivity contribution in [1.29, 1.82) is 0 Å². The van der Waals surface area contributed by atoms with Gasteiger partial charge in [-0.2, -0.15) is 0 Å². The molecule has 0 aromatic heterocycles. The van der Waals surface area contributed by atoms with Crippen LogP contribution in [0.4, 0.5) is 5.69 Å². The molecule has 3 rings (SSSR count). The number of phenolic OH excluding ortho intramolecular Hbond substituents is 1. The zero-order chi connectivity index (χ0) is 21.3. The summed E-state index contributed by atoms with van der Waals surface area (Å²) >= 11 is 0. The molecular formula is C25H35N3O2. The number of amides is 1. The van der Waals surface area contributed by atoms with E-state index < -0.39 is 0 Å². The third kappa shape index (κ3) is 6.23. The van der Waals surface area contributed by atoms with Crippen LogP contribution in [0.2, 0.25) is 0 Å². The van der Waals surface area contributed by atoms with Crippen molar-refractivity contribution in [2.24, 2.45) is 0 Å². The number of likely N-dealkylation sites (tertiary alicyclic amines) is 1. The summed E-state index contributed by atoms with van der Waals surface area (Å²) in [6.07, 6.45) is 4.46. The summed E-state index contributed by atoms with van der Waals surface area (Å²) in [5.74, 6) is 0.411. The van der Waals surface area contributed by atoms with E-state index in [1.54, 1.807) is 6.07 Å². The van der Waals surface area contributed by atoms with Crippen LogP contribution in [0.3, 0.4) is 0 Å². The summed E-state index contributed by atoms with van der Waals surface area (Å²) in [5.41, 5.74) is 2.94. The fourth-order valence-electron chi connectivity index (χ4n) is 4.18. The maximum Gasteiger partial charge on any atom is 0.253 e. The van der Waals surface area contributed by atoms with Crippen molar-refractivity contribution in [3.63, 3.8) is 0 Å². The highest BCUT2D eigenvalue weighted by Gasteiger charge is 2.18. The number of carbonyl (C=O) groups is 1. The Morgan fingerprint density at radius 1 is 1.10 bits per heavy atom. The predicted octanol–water partition coefficient (Wildman–Crippen LogP) is 4.38. The van der Waals surface area contributed by atoms with Crippen LogP contribution in [0, 0.1) is 0 Å². The summed E-state index contributed by atoms with van der Waals surface area (Å²) in [4.78, 5) is 16.9. The van der Waals surface area contributed by atoms with Crippen molar-refractivity contribution in [2.45, 2.75) is 45.6 Å². The molecule has 0 bridgehead atoms. The third-order valence-corrected chi connectivity index (χ3v) is 5.92. The van der Waals surface area contributed by atoms with Gasteiger partial charge in [-0.3, -0.25) is 4.79 Å². The number of carbonyl (C=O) groups excluding carboxylic acids is 1. The Labute approximate surface area is 180 Å². The molecule has 2 N–H and O–H groups in total. The van der Waals surface area contributed by atoms with Gasteiger partial charge in [-0.1, -0.05) is 12.1 Å². The van der Waals surface area contributed by atoms with Gasteiger partial charge >= 0.3 is 0 Å². The second-order valence-electron chi connectivity index (χ2n) is 8.11. The molecule has 1 unspecified atom stereocenters. The van der Waals surface area contributed by atoms with Gasteiger partial charge in [0.25, 0.3) is 5.91 Å². The average Bonchev–Trinajstić information content (AvgIpc) is 3.26. The normalized spacial score (nSPS) is 15.1. The number of aromatic hydroxyl groups is 1. The molecule has 162 valence electrons. The number of phenols is 1. The fraction of sp³-hybridized carbons (Fsp3) is 0.480. The molecule has 2 aromatic carbocycles.